The molecule has 1 aromatic heterocycles. The van der Waals surface area contributed by atoms with Gasteiger partial charge in [-0.2, -0.15) is 5.10 Å². The molecular formula is C13H18ClN5S2. The Kier molecular flexibility index (Phi) is 6.41. The van der Waals surface area contributed by atoms with Crippen molar-refractivity contribution in [2.24, 2.45) is 5.10 Å². The SMILES string of the molecule is C=CCNC(=S)N/N=C\c1sc(N2CCCCC2)nc1Cl. The number of aromatic nitrogens is 1. The van der Waals surface area contributed by atoms with E-state index in [0.29, 0.717) is 16.8 Å². The molecule has 0 spiro atoms. The van der Waals surface area contributed by atoms with Crippen LogP contribution in [0.15, 0.2) is 17.8 Å². The molecule has 1 aliphatic rings. The highest BCUT2D eigenvalue weighted by Crippen LogP contribution is 2.30. The number of hydrazone groups is 1. The minimum absolute atomic E-state index is 0.447. The zero-order valence-electron chi connectivity index (χ0n) is 11.6. The van der Waals surface area contributed by atoms with E-state index in [2.05, 4.69) is 32.3 Å². The highest BCUT2D eigenvalue weighted by molar-refractivity contribution is 7.80. The molecule has 2 rings (SSSR count). The molecule has 0 saturated carbocycles. The summed E-state index contributed by atoms with van der Waals surface area (Å²) in [6.07, 6.45) is 7.10. The van der Waals surface area contributed by atoms with Crippen molar-refractivity contribution in [1.82, 2.24) is 15.7 Å². The Morgan fingerprint density at radius 3 is 2.95 bits per heavy atom. The van der Waals surface area contributed by atoms with Gasteiger partial charge in [-0.3, -0.25) is 5.43 Å². The summed E-state index contributed by atoms with van der Waals surface area (Å²) in [5.41, 5.74) is 2.73. The predicted octanol–water partition coefficient (Wildman–Crippen LogP) is 2.77. The monoisotopic (exact) mass is 343 g/mol. The van der Waals surface area contributed by atoms with Crippen LogP contribution in [0.3, 0.4) is 0 Å². The van der Waals surface area contributed by atoms with Crippen molar-refractivity contribution >= 4 is 51.6 Å². The fourth-order valence-electron chi connectivity index (χ4n) is 1.96. The first-order chi connectivity index (χ1) is 10.2. The van der Waals surface area contributed by atoms with Crippen molar-refractivity contribution in [3.8, 4) is 0 Å². The maximum absolute atomic E-state index is 6.15. The number of thiocarbonyl (C=S) groups is 1. The first-order valence-corrected chi connectivity index (χ1v) is 8.40. The molecule has 8 heteroatoms. The fourth-order valence-corrected chi connectivity index (χ4v) is 3.27. The molecule has 0 aromatic carbocycles. The van der Waals surface area contributed by atoms with Gasteiger partial charge in [0, 0.05) is 19.6 Å². The van der Waals surface area contributed by atoms with Gasteiger partial charge in [-0.25, -0.2) is 4.98 Å². The largest absolute Gasteiger partial charge is 0.358 e. The molecule has 2 heterocycles. The number of hydrogen-bond acceptors (Lipinski definition) is 5. The van der Waals surface area contributed by atoms with Crippen molar-refractivity contribution in [2.45, 2.75) is 19.3 Å². The molecule has 1 aliphatic heterocycles. The maximum atomic E-state index is 6.15. The lowest BCUT2D eigenvalue weighted by Gasteiger charge is -2.25. The normalized spacial score (nSPS) is 15.2. The second-order valence-corrected chi connectivity index (χ2v) is 6.34. The van der Waals surface area contributed by atoms with E-state index in [-0.39, 0.29) is 0 Å². The number of halogens is 1. The number of nitrogens with zero attached hydrogens (tertiary/aromatic N) is 3. The molecule has 0 atom stereocenters. The highest BCUT2D eigenvalue weighted by Gasteiger charge is 2.16. The van der Waals surface area contributed by atoms with Crippen LogP contribution in [0.1, 0.15) is 24.1 Å². The van der Waals surface area contributed by atoms with E-state index in [1.54, 1.807) is 23.6 Å². The lowest BCUT2D eigenvalue weighted by Crippen LogP contribution is -2.31. The van der Waals surface area contributed by atoms with Gasteiger partial charge < -0.3 is 10.2 Å². The summed E-state index contributed by atoms with van der Waals surface area (Å²) in [7, 11) is 0. The van der Waals surface area contributed by atoms with Gasteiger partial charge in [-0.15, -0.1) is 6.58 Å². The van der Waals surface area contributed by atoms with Crippen molar-refractivity contribution in [1.29, 1.82) is 0 Å². The van der Waals surface area contributed by atoms with Gasteiger partial charge in [0.1, 0.15) is 0 Å². The summed E-state index contributed by atoms with van der Waals surface area (Å²) < 4.78 is 0. The topological polar surface area (TPSA) is 52.6 Å². The van der Waals surface area contributed by atoms with Crippen LogP contribution in [0.4, 0.5) is 5.13 Å². The van der Waals surface area contributed by atoms with E-state index in [1.807, 2.05) is 0 Å². The lowest BCUT2D eigenvalue weighted by molar-refractivity contribution is 0.577. The van der Waals surface area contributed by atoms with Crippen LogP contribution in [0.5, 0.6) is 0 Å². The van der Waals surface area contributed by atoms with Gasteiger partial charge in [0.05, 0.1) is 11.1 Å². The smallest absolute Gasteiger partial charge is 0.187 e. The van der Waals surface area contributed by atoms with Crippen LogP contribution in [0.25, 0.3) is 0 Å². The molecular weight excluding hydrogens is 326 g/mol. The number of anilines is 1. The predicted molar refractivity (Wildman–Crippen MR) is 94.7 cm³/mol. The summed E-state index contributed by atoms with van der Waals surface area (Å²) in [6, 6.07) is 0. The third-order valence-electron chi connectivity index (χ3n) is 2.98. The quantitative estimate of drug-likeness (QED) is 0.372. The Morgan fingerprint density at radius 1 is 1.48 bits per heavy atom. The minimum atomic E-state index is 0.447. The molecule has 0 amide bonds. The number of hydrogen-bond donors (Lipinski definition) is 2. The van der Waals surface area contributed by atoms with Crippen LogP contribution in [-0.4, -0.2) is 35.9 Å². The zero-order valence-corrected chi connectivity index (χ0v) is 14.0. The standard InChI is InChI=1S/C13H18ClN5S2/c1-2-6-15-12(20)18-16-9-10-11(14)17-13(21-10)19-7-4-3-5-8-19/h2,9H,1,3-8H2,(H2,15,18,20)/b16-9-. The fraction of sp³-hybridized carbons (Fsp3) is 0.462. The molecule has 0 radical (unpaired) electrons. The number of thiazole rings is 1. The molecule has 2 N–H and O–H groups in total. The second kappa shape index (κ2) is 8.31. The summed E-state index contributed by atoms with van der Waals surface area (Å²) in [4.78, 5) is 7.52. The van der Waals surface area contributed by atoms with E-state index in [9.17, 15) is 0 Å². The van der Waals surface area contributed by atoms with Gasteiger partial charge in [0.25, 0.3) is 0 Å². The highest BCUT2D eigenvalue weighted by atomic mass is 35.5. The third kappa shape index (κ3) is 4.94. The van der Waals surface area contributed by atoms with Gasteiger partial charge in [0.15, 0.2) is 15.4 Å². The summed E-state index contributed by atoms with van der Waals surface area (Å²) in [6.45, 7) is 6.30. The molecule has 1 fully saturated rings. The lowest BCUT2D eigenvalue weighted by atomic mass is 10.1. The Morgan fingerprint density at radius 2 is 2.24 bits per heavy atom. The molecule has 0 bridgehead atoms. The van der Waals surface area contributed by atoms with Crippen molar-refractivity contribution in [3.63, 3.8) is 0 Å². The number of piperidine rings is 1. The van der Waals surface area contributed by atoms with Crippen molar-refractivity contribution in [2.75, 3.05) is 24.5 Å². The van der Waals surface area contributed by atoms with E-state index in [1.165, 1.54) is 19.3 Å². The third-order valence-corrected chi connectivity index (χ3v) is 4.67. The molecule has 114 valence electrons. The average molecular weight is 344 g/mol. The van der Waals surface area contributed by atoms with Gasteiger partial charge in [0.2, 0.25) is 0 Å². The van der Waals surface area contributed by atoms with E-state index in [4.69, 9.17) is 23.8 Å². The average Bonchev–Trinajstić information content (AvgIpc) is 2.87. The van der Waals surface area contributed by atoms with Crippen LogP contribution < -0.4 is 15.6 Å². The van der Waals surface area contributed by atoms with Crippen molar-refractivity contribution in [3.05, 3.63) is 22.7 Å². The Hall–Kier alpha value is -1.18. The molecule has 0 unspecified atom stereocenters. The number of rotatable bonds is 5. The van der Waals surface area contributed by atoms with Crippen LogP contribution in [0, 0.1) is 0 Å². The Labute approximate surface area is 139 Å². The first kappa shape index (κ1) is 16.2. The minimum Gasteiger partial charge on any atom is -0.358 e. The van der Waals surface area contributed by atoms with Gasteiger partial charge in [-0.05, 0) is 31.5 Å². The summed E-state index contributed by atoms with van der Waals surface area (Å²) in [5.74, 6) is 0. The first-order valence-electron chi connectivity index (χ1n) is 6.80. The van der Waals surface area contributed by atoms with Crippen LogP contribution >= 0.6 is 35.2 Å². The van der Waals surface area contributed by atoms with Gasteiger partial charge >= 0.3 is 0 Å². The molecule has 1 saturated heterocycles. The van der Waals surface area contributed by atoms with Gasteiger partial charge in [-0.1, -0.05) is 29.0 Å². The maximum Gasteiger partial charge on any atom is 0.187 e. The molecule has 1 aromatic rings. The molecule has 21 heavy (non-hydrogen) atoms. The van der Waals surface area contributed by atoms with E-state index in [0.717, 1.165) is 23.1 Å². The van der Waals surface area contributed by atoms with Crippen LogP contribution in [-0.2, 0) is 0 Å². The Balaban J connectivity index is 1.92. The van der Waals surface area contributed by atoms with Crippen molar-refractivity contribution < 1.29 is 0 Å². The number of nitrogens with one attached hydrogen (secondary N) is 2. The second-order valence-electron chi connectivity index (χ2n) is 4.57. The molecule has 5 nitrogen and oxygen atoms in total. The summed E-state index contributed by atoms with van der Waals surface area (Å²) in [5, 5.41) is 8.89. The van der Waals surface area contributed by atoms with E-state index >= 15 is 0 Å². The zero-order chi connectivity index (χ0) is 15.1. The Bertz CT molecular complexity index is 523. The van der Waals surface area contributed by atoms with Crippen LogP contribution in [0.2, 0.25) is 5.15 Å². The summed E-state index contributed by atoms with van der Waals surface area (Å²) >= 11 is 12.7. The molecule has 0 aliphatic carbocycles. The van der Waals surface area contributed by atoms with E-state index < -0.39 is 0 Å².